The van der Waals surface area contributed by atoms with Crippen molar-refractivity contribution >= 4 is 5.97 Å². The molecule has 0 aliphatic rings. The van der Waals surface area contributed by atoms with Crippen molar-refractivity contribution in [2.75, 3.05) is 0 Å². The molecule has 1 atom stereocenters. The van der Waals surface area contributed by atoms with Crippen LogP contribution in [0.4, 0.5) is 0 Å². The average Bonchev–Trinajstić information content (AvgIpc) is 2.97. The summed E-state index contributed by atoms with van der Waals surface area (Å²) in [5, 5.41) is 12.2. The number of aliphatic carboxylic acids is 1. The van der Waals surface area contributed by atoms with Crippen LogP contribution in [-0.4, -0.2) is 27.1 Å². The predicted octanol–water partition coefficient (Wildman–Crippen LogP) is 2.81. The molecule has 0 fully saturated rings. The third-order valence-corrected chi connectivity index (χ3v) is 3.36. The van der Waals surface area contributed by atoms with Crippen molar-refractivity contribution < 1.29 is 9.90 Å². The summed E-state index contributed by atoms with van der Waals surface area (Å²) >= 11 is 0. The number of imidazole rings is 1. The number of aromatic nitrogens is 2. The fourth-order valence-electron chi connectivity index (χ4n) is 2.15. The van der Waals surface area contributed by atoms with E-state index < -0.39 is 12.0 Å². The Morgan fingerprint density at radius 2 is 2.14 bits per heavy atom. The smallest absolute Gasteiger partial charge is 0.320 e. The highest BCUT2D eigenvalue weighted by molar-refractivity contribution is 5.73. The largest absolute Gasteiger partial charge is 0.480 e. The summed E-state index contributed by atoms with van der Waals surface area (Å²) in [6, 6.07) is 9.34. The van der Waals surface area contributed by atoms with Gasteiger partial charge in [-0.3, -0.25) is 10.1 Å². The van der Waals surface area contributed by atoms with E-state index in [1.54, 1.807) is 6.20 Å². The van der Waals surface area contributed by atoms with Crippen LogP contribution in [0.1, 0.15) is 31.9 Å². The van der Waals surface area contributed by atoms with Crippen LogP contribution in [0, 0.1) is 0 Å². The highest BCUT2D eigenvalue weighted by atomic mass is 16.4. The molecule has 112 valence electrons. The van der Waals surface area contributed by atoms with Crippen LogP contribution in [0.3, 0.4) is 0 Å². The molecule has 1 unspecified atom stereocenters. The third kappa shape index (κ3) is 4.43. The summed E-state index contributed by atoms with van der Waals surface area (Å²) in [5.41, 5.74) is 1.90. The number of carboxylic acid groups (broad SMARTS) is 1. The first-order chi connectivity index (χ1) is 10.2. The molecule has 0 aliphatic carbocycles. The third-order valence-electron chi connectivity index (χ3n) is 3.36. The Morgan fingerprint density at radius 3 is 2.81 bits per heavy atom. The van der Waals surface area contributed by atoms with Crippen molar-refractivity contribution in [1.29, 1.82) is 0 Å². The number of hydrogen-bond donors (Lipinski definition) is 3. The molecule has 0 aliphatic heterocycles. The van der Waals surface area contributed by atoms with Gasteiger partial charge in [0, 0.05) is 24.0 Å². The van der Waals surface area contributed by atoms with Crippen LogP contribution < -0.4 is 5.32 Å². The molecule has 0 spiro atoms. The lowest BCUT2D eigenvalue weighted by Crippen LogP contribution is -2.36. The van der Waals surface area contributed by atoms with E-state index in [0.29, 0.717) is 13.0 Å². The number of benzene rings is 1. The zero-order valence-corrected chi connectivity index (χ0v) is 12.2. The number of unbranched alkanes of at least 4 members (excludes halogenated alkanes) is 1. The lowest BCUT2D eigenvalue weighted by molar-refractivity contribution is -0.139. The van der Waals surface area contributed by atoms with Gasteiger partial charge in [0.05, 0.1) is 0 Å². The number of rotatable bonds is 8. The first kappa shape index (κ1) is 15.3. The maximum Gasteiger partial charge on any atom is 0.320 e. The lowest BCUT2D eigenvalue weighted by atomic mass is 10.1. The molecule has 0 saturated heterocycles. The first-order valence-electron chi connectivity index (χ1n) is 7.26. The minimum atomic E-state index is -0.800. The van der Waals surface area contributed by atoms with Gasteiger partial charge < -0.3 is 10.1 Å². The van der Waals surface area contributed by atoms with Crippen molar-refractivity contribution in [2.45, 2.75) is 38.8 Å². The maximum absolute atomic E-state index is 11.2. The van der Waals surface area contributed by atoms with Crippen molar-refractivity contribution in [3.8, 4) is 11.4 Å². The normalized spacial score (nSPS) is 12.2. The number of hydrogen-bond acceptors (Lipinski definition) is 3. The minimum Gasteiger partial charge on any atom is -0.480 e. The predicted molar refractivity (Wildman–Crippen MR) is 81.8 cm³/mol. The van der Waals surface area contributed by atoms with E-state index in [1.165, 1.54) is 0 Å². The Balaban J connectivity index is 1.94. The highest BCUT2D eigenvalue weighted by Gasteiger charge is 2.16. The Labute approximate surface area is 124 Å². The summed E-state index contributed by atoms with van der Waals surface area (Å²) in [7, 11) is 0. The molecule has 2 rings (SSSR count). The number of aromatic amines is 1. The standard InChI is InChI=1S/C16H21N3O2/c1-2-3-9-14(16(20)21)17-10-13-11-18-15(19-13)12-7-5-4-6-8-12/h4-8,11,14,17H,2-3,9-10H2,1H3,(H,18,19)(H,20,21). The minimum absolute atomic E-state index is 0.473. The zero-order valence-electron chi connectivity index (χ0n) is 12.2. The van der Waals surface area contributed by atoms with Crippen molar-refractivity contribution in [3.05, 3.63) is 42.2 Å². The number of nitrogens with zero attached hydrogens (tertiary/aromatic N) is 1. The van der Waals surface area contributed by atoms with E-state index in [4.69, 9.17) is 0 Å². The van der Waals surface area contributed by atoms with E-state index in [-0.39, 0.29) is 0 Å². The SMILES string of the molecule is CCCCC(NCc1cnc(-c2ccccc2)[nH]1)C(=O)O. The lowest BCUT2D eigenvalue weighted by Gasteiger charge is -2.12. The van der Waals surface area contributed by atoms with Crippen LogP contribution in [0.2, 0.25) is 0 Å². The fraction of sp³-hybridized carbons (Fsp3) is 0.375. The molecule has 1 heterocycles. The molecule has 5 heteroatoms. The molecular weight excluding hydrogens is 266 g/mol. The van der Waals surface area contributed by atoms with Gasteiger partial charge in [0.1, 0.15) is 11.9 Å². The second-order valence-electron chi connectivity index (χ2n) is 5.04. The Kier molecular flexibility index (Phi) is 5.51. The molecular formula is C16H21N3O2. The van der Waals surface area contributed by atoms with Gasteiger partial charge in [0.25, 0.3) is 0 Å². The summed E-state index contributed by atoms with van der Waals surface area (Å²) in [6.45, 7) is 2.53. The van der Waals surface area contributed by atoms with Gasteiger partial charge in [0.15, 0.2) is 0 Å². The van der Waals surface area contributed by atoms with E-state index in [2.05, 4.69) is 22.2 Å². The average molecular weight is 287 g/mol. The molecule has 0 saturated carbocycles. The fourth-order valence-corrected chi connectivity index (χ4v) is 2.15. The Bertz CT molecular complexity index is 566. The van der Waals surface area contributed by atoms with Crippen LogP contribution >= 0.6 is 0 Å². The highest BCUT2D eigenvalue weighted by Crippen LogP contribution is 2.14. The van der Waals surface area contributed by atoms with Gasteiger partial charge in [-0.05, 0) is 6.42 Å². The van der Waals surface area contributed by atoms with Gasteiger partial charge in [-0.15, -0.1) is 0 Å². The Hall–Kier alpha value is -2.14. The molecule has 0 radical (unpaired) electrons. The Morgan fingerprint density at radius 1 is 1.38 bits per heavy atom. The van der Waals surface area contributed by atoms with Crippen molar-refractivity contribution in [3.63, 3.8) is 0 Å². The molecule has 0 bridgehead atoms. The number of carbonyl (C=O) groups is 1. The van der Waals surface area contributed by atoms with E-state index >= 15 is 0 Å². The van der Waals surface area contributed by atoms with Gasteiger partial charge in [-0.2, -0.15) is 0 Å². The number of nitrogens with one attached hydrogen (secondary N) is 2. The van der Waals surface area contributed by atoms with Crippen LogP contribution in [-0.2, 0) is 11.3 Å². The summed E-state index contributed by atoms with van der Waals surface area (Å²) < 4.78 is 0. The molecule has 3 N–H and O–H groups in total. The van der Waals surface area contributed by atoms with E-state index in [0.717, 1.165) is 29.9 Å². The molecule has 1 aromatic carbocycles. The van der Waals surface area contributed by atoms with Crippen LogP contribution in [0.25, 0.3) is 11.4 Å². The topological polar surface area (TPSA) is 78.0 Å². The first-order valence-corrected chi connectivity index (χ1v) is 7.26. The zero-order chi connectivity index (χ0) is 15.1. The molecule has 2 aromatic rings. The molecule has 1 aromatic heterocycles. The summed E-state index contributed by atoms with van der Waals surface area (Å²) in [5.74, 6) is -0.000851. The molecule has 21 heavy (non-hydrogen) atoms. The second-order valence-corrected chi connectivity index (χ2v) is 5.04. The molecule has 5 nitrogen and oxygen atoms in total. The van der Waals surface area contributed by atoms with Gasteiger partial charge in [-0.25, -0.2) is 4.98 Å². The van der Waals surface area contributed by atoms with Crippen LogP contribution in [0.15, 0.2) is 36.5 Å². The summed E-state index contributed by atoms with van der Waals surface area (Å²) in [6.07, 6.45) is 4.29. The van der Waals surface area contributed by atoms with Gasteiger partial charge >= 0.3 is 5.97 Å². The number of carboxylic acids is 1. The maximum atomic E-state index is 11.2. The van der Waals surface area contributed by atoms with Gasteiger partial charge in [-0.1, -0.05) is 50.1 Å². The second kappa shape index (κ2) is 7.59. The monoisotopic (exact) mass is 287 g/mol. The van der Waals surface area contributed by atoms with Gasteiger partial charge in [0.2, 0.25) is 0 Å². The van der Waals surface area contributed by atoms with Crippen molar-refractivity contribution in [2.24, 2.45) is 0 Å². The summed E-state index contributed by atoms with van der Waals surface area (Å²) in [4.78, 5) is 18.7. The number of H-pyrrole nitrogens is 1. The van der Waals surface area contributed by atoms with E-state index in [1.807, 2.05) is 30.3 Å². The molecule has 0 amide bonds. The quantitative estimate of drug-likeness (QED) is 0.697. The van der Waals surface area contributed by atoms with E-state index in [9.17, 15) is 9.90 Å². The van der Waals surface area contributed by atoms with Crippen molar-refractivity contribution in [1.82, 2.24) is 15.3 Å². The van der Waals surface area contributed by atoms with Crippen LogP contribution in [0.5, 0.6) is 0 Å².